The van der Waals surface area contributed by atoms with Gasteiger partial charge in [0.25, 0.3) is 0 Å². The van der Waals surface area contributed by atoms with Crippen LogP contribution in [0.4, 0.5) is 10.1 Å². The Bertz CT molecular complexity index is 615. The molecule has 3 N–H and O–H groups in total. The normalized spacial score (nSPS) is 21.2. The Morgan fingerprint density at radius 3 is 2.68 bits per heavy atom. The largest absolute Gasteiger partial charge is 0.377 e. The first-order valence-electron chi connectivity index (χ1n) is 6.21. The van der Waals surface area contributed by atoms with E-state index >= 15 is 0 Å². The molecule has 1 aliphatic carbocycles. The van der Waals surface area contributed by atoms with Gasteiger partial charge in [0.05, 0.1) is 16.8 Å². The number of hydrogen-bond donors (Lipinski definition) is 2. The molecule has 0 radical (unpaired) electrons. The van der Waals surface area contributed by atoms with Crippen LogP contribution in [-0.4, -0.2) is 0 Å². The van der Waals surface area contributed by atoms with E-state index in [1.54, 1.807) is 6.07 Å². The van der Waals surface area contributed by atoms with Crippen LogP contribution in [-0.2, 0) is 0 Å². The molecule has 0 amide bonds. The number of nitrogens with one attached hydrogen (secondary N) is 1. The van der Waals surface area contributed by atoms with Crippen molar-refractivity contribution in [1.82, 2.24) is 0 Å². The first-order valence-corrected chi connectivity index (χ1v) is 6.59. The van der Waals surface area contributed by atoms with Gasteiger partial charge in [-0.15, -0.1) is 0 Å². The molecule has 0 saturated heterocycles. The molecule has 2 unspecified atom stereocenters. The molecular weight excluding hydrogens is 263 g/mol. The van der Waals surface area contributed by atoms with Crippen molar-refractivity contribution in [3.8, 4) is 0 Å². The number of fused-ring (bicyclic) bond motifs is 1. The lowest BCUT2D eigenvalue weighted by atomic mass is 10.1. The van der Waals surface area contributed by atoms with Gasteiger partial charge in [-0.2, -0.15) is 0 Å². The summed E-state index contributed by atoms with van der Waals surface area (Å²) in [6, 6.07) is 12.5. The molecule has 0 fully saturated rings. The summed E-state index contributed by atoms with van der Waals surface area (Å²) in [4.78, 5) is 0. The summed E-state index contributed by atoms with van der Waals surface area (Å²) in [5.74, 6) is -0.303. The summed E-state index contributed by atoms with van der Waals surface area (Å²) in [6.07, 6.45) is 0.784. The lowest BCUT2D eigenvalue weighted by molar-refractivity contribution is 0.625. The Hall–Kier alpha value is -1.58. The van der Waals surface area contributed by atoms with E-state index in [0.717, 1.165) is 17.5 Å². The van der Waals surface area contributed by atoms with Crippen molar-refractivity contribution >= 4 is 17.3 Å². The van der Waals surface area contributed by atoms with Gasteiger partial charge in [-0.3, -0.25) is 0 Å². The maximum Gasteiger partial charge on any atom is 0.125 e. The van der Waals surface area contributed by atoms with Gasteiger partial charge < -0.3 is 11.1 Å². The van der Waals surface area contributed by atoms with Crippen LogP contribution in [0.15, 0.2) is 42.5 Å². The predicted octanol–water partition coefficient (Wildman–Crippen LogP) is 4.04. The second-order valence-corrected chi connectivity index (χ2v) is 5.20. The molecule has 19 heavy (non-hydrogen) atoms. The Balaban J connectivity index is 1.91. The van der Waals surface area contributed by atoms with Crippen LogP contribution < -0.4 is 11.1 Å². The van der Waals surface area contributed by atoms with Crippen molar-refractivity contribution < 1.29 is 4.39 Å². The maximum absolute atomic E-state index is 13.3. The fourth-order valence-electron chi connectivity index (χ4n) is 2.61. The van der Waals surface area contributed by atoms with Gasteiger partial charge >= 0.3 is 0 Å². The second-order valence-electron chi connectivity index (χ2n) is 4.79. The van der Waals surface area contributed by atoms with E-state index in [4.69, 9.17) is 17.3 Å². The molecule has 0 spiro atoms. The smallest absolute Gasteiger partial charge is 0.125 e. The molecule has 2 nitrogen and oxygen atoms in total. The van der Waals surface area contributed by atoms with E-state index in [1.807, 2.05) is 24.3 Å². The Morgan fingerprint density at radius 1 is 1.16 bits per heavy atom. The summed E-state index contributed by atoms with van der Waals surface area (Å²) in [6.45, 7) is 0. The Labute approximate surface area is 116 Å². The Morgan fingerprint density at radius 2 is 1.89 bits per heavy atom. The number of anilines is 1. The SMILES string of the molecule is NC1CC(Nc2cc(F)ccc2Cl)c2ccccc21. The van der Waals surface area contributed by atoms with Crippen LogP contribution >= 0.6 is 11.6 Å². The molecule has 0 aliphatic heterocycles. The molecule has 1 aliphatic rings. The molecule has 3 rings (SSSR count). The minimum atomic E-state index is -0.303. The van der Waals surface area contributed by atoms with Crippen molar-refractivity contribution in [2.24, 2.45) is 5.73 Å². The topological polar surface area (TPSA) is 38.0 Å². The van der Waals surface area contributed by atoms with Gasteiger partial charge in [0, 0.05) is 6.04 Å². The predicted molar refractivity (Wildman–Crippen MR) is 75.8 cm³/mol. The van der Waals surface area contributed by atoms with Crippen molar-refractivity contribution in [3.63, 3.8) is 0 Å². The number of halogens is 2. The van der Waals surface area contributed by atoms with Crippen molar-refractivity contribution in [3.05, 3.63) is 64.4 Å². The van der Waals surface area contributed by atoms with Gasteiger partial charge in [-0.1, -0.05) is 35.9 Å². The minimum Gasteiger partial charge on any atom is -0.377 e. The van der Waals surface area contributed by atoms with Crippen LogP contribution in [0.2, 0.25) is 5.02 Å². The highest BCUT2D eigenvalue weighted by Gasteiger charge is 2.28. The number of nitrogens with two attached hydrogens (primary N) is 1. The number of hydrogen-bond acceptors (Lipinski definition) is 2. The lowest BCUT2D eigenvalue weighted by Crippen LogP contribution is -2.10. The van der Waals surface area contributed by atoms with Crippen molar-refractivity contribution in [2.75, 3.05) is 5.32 Å². The zero-order valence-corrected chi connectivity index (χ0v) is 11.0. The van der Waals surface area contributed by atoms with E-state index in [2.05, 4.69) is 5.32 Å². The van der Waals surface area contributed by atoms with Crippen LogP contribution in [0.5, 0.6) is 0 Å². The van der Waals surface area contributed by atoms with Crippen LogP contribution in [0.3, 0.4) is 0 Å². The van der Waals surface area contributed by atoms with Crippen molar-refractivity contribution in [1.29, 1.82) is 0 Å². The fourth-order valence-corrected chi connectivity index (χ4v) is 2.78. The summed E-state index contributed by atoms with van der Waals surface area (Å²) in [5, 5.41) is 3.80. The van der Waals surface area contributed by atoms with Crippen LogP contribution in [0, 0.1) is 5.82 Å². The zero-order chi connectivity index (χ0) is 13.4. The first-order chi connectivity index (χ1) is 9.15. The molecule has 4 heteroatoms. The molecule has 0 heterocycles. The highest BCUT2D eigenvalue weighted by Crippen LogP contribution is 2.40. The van der Waals surface area contributed by atoms with E-state index in [1.165, 1.54) is 12.1 Å². The van der Waals surface area contributed by atoms with E-state index in [-0.39, 0.29) is 17.9 Å². The van der Waals surface area contributed by atoms with Gasteiger partial charge in [0.15, 0.2) is 0 Å². The minimum absolute atomic E-state index is 0.0148. The average Bonchev–Trinajstić information content (AvgIpc) is 2.72. The van der Waals surface area contributed by atoms with Gasteiger partial charge in [0.1, 0.15) is 5.82 Å². The quantitative estimate of drug-likeness (QED) is 0.869. The fraction of sp³-hybridized carbons (Fsp3) is 0.200. The Kier molecular flexibility index (Phi) is 3.17. The summed E-state index contributed by atoms with van der Waals surface area (Å²) < 4.78 is 13.3. The average molecular weight is 277 g/mol. The zero-order valence-electron chi connectivity index (χ0n) is 10.2. The van der Waals surface area contributed by atoms with Gasteiger partial charge in [-0.05, 0) is 35.7 Å². The van der Waals surface area contributed by atoms with Crippen LogP contribution in [0.25, 0.3) is 0 Å². The molecular formula is C15H14ClFN2. The van der Waals surface area contributed by atoms with E-state index < -0.39 is 0 Å². The number of rotatable bonds is 2. The van der Waals surface area contributed by atoms with Crippen LogP contribution in [0.1, 0.15) is 29.6 Å². The van der Waals surface area contributed by atoms with Crippen molar-refractivity contribution in [2.45, 2.75) is 18.5 Å². The maximum atomic E-state index is 13.3. The molecule has 0 bridgehead atoms. The van der Waals surface area contributed by atoms with E-state index in [0.29, 0.717) is 10.7 Å². The third kappa shape index (κ3) is 2.31. The standard InChI is InChI=1S/C15H14ClFN2/c16-12-6-5-9(17)7-15(12)19-14-8-13(18)10-3-1-2-4-11(10)14/h1-7,13-14,19H,8,18H2. The molecule has 2 atom stereocenters. The second kappa shape index (κ2) is 4.83. The van der Waals surface area contributed by atoms with Gasteiger partial charge in [0.2, 0.25) is 0 Å². The monoisotopic (exact) mass is 276 g/mol. The number of benzene rings is 2. The van der Waals surface area contributed by atoms with Gasteiger partial charge in [-0.25, -0.2) is 4.39 Å². The summed E-state index contributed by atoms with van der Waals surface area (Å²) in [5.41, 5.74) is 9.03. The third-order valence-electron chi connectivity index (χ3n) is 3.52. The lowest BCUT2D eigenvalue weighted by Gasteiger charge is -2.16. The molecule has 2 aromatic carbocycles. The molecule has 98 valence electrons. The summed E-state index contributed by atoms with van der Waals surface area (Å²) >= 11 is 6.08. The van der Waals surface area contributed by atoms with E-state index in [9.17, 15) is 4.39 Å². The molecule has 2 aromatic rings. The highest BCUT2D eigenvalue weighted by molar-refractivity contribution is 6.33. The summed E-state index contributed by atoms with van der Waals surface area (Å²) in [7, 11) is 0. The third-order valence-corrected chi connectivity index (χ3v) is 3.85. The first kappa shape index (κ1) is 12.5. The molecule has 0 saturated carbocycles. The highest BCUT2D eigenvalue weighted by atomic mass is 35.5. The molecule has 0 aromatic heterocycles.